The van der Waals surface area contributed by atoms with Crippen LogP contribution < -0.4 is 9.80 Å². The zero-order chi connectivity index (χ0) is 39.7. The van der Waals surface area contributed by atoms with Gasteiger partial charge in [0, 0.05) is 47.3 Å². The van der Waals surface area contributed by atoms with Crippen molar-refractivity contribution < 1.29 is 0 Å². The van der Waals surface area contributed by atoms with Crippen molar-refractivity contribution in [3.05, 3.63) is 72.8 Å². The van der Waals surface area contributed by atoms with Crippen molar-refractivity contribution in [2.45, 2.75) is 130 Å². The number of hydrogen-bond acceptors (Lipinski definition) is 9. The number of fused-ring (bicyclic) bond motifs is 1. The lowest BCUT2D eigenvalue weighted by molar-refractivity contribution is 0.609. The Bertz CT molecular complexity index is 1860. The summed E-state index contributed by atoms with van der Waals surface area (Å²) in [6.07, 6.45) is 20.7. The summed E-state index contributed by atoms with van der Waals surface area (Å²) < 4.78 is 9.50. The van der Waals surface area contributed by atoms with Crippen LogP contribution in [0.2, 0.25) is 0 Å². The third kappa shape index (κ3) is 12.0. The van der Waals surface area contributed by atoms with E-state index in [-0.39, 0.29) is 0 Å². The predicted molar refractivity (Wildman–Crippen MR) is 251 cm³/mol. The second-order valence-corrected chi connectivity index (χ2v) is 18.2. The van der Waals surface area contributed by atoms with Gasteiger partial charge in [0.25, 0.3) is 0 Å². The van der Waals surface area contributed by atoms with Crippen molar-refractivity contribution in [1.82, 2.24) is 18.9 Å². The Balaban J connectivity index is 1.14. The highest BCUT2D eigenvalue weighted by Crippen LogP contribution is 2.41. The standard InChI is InChI=1S/C48H64N6S3/c1-5-9-13-17-33-53(34-18-14-10-6-2)39-25-21-37(22-26-39)41-29-31-43(55-41)45-47-48(52-57-51-47)46(50-49-45)44-32-30-42(56-44)38-23-27-40(28-24-38)54(35-19-15-11-7-3)36-20-16-12-8-4/h21-32H,5-20,33-36H2,1-4H3. The maximum atomic E-state index is 4.80. The highest BCUT2D eigenvalue weighted by molar-refractivity contribution is 7.19. The van der Waals surface area contributed by atoms with Gasteiger partial charge in [-0.25, -0.2) is 0 Å². The van der Waals surface area contributed by atoms with E-state index in [2.05, 4.69) is 110 Å². The van der Waals surface area contributed by atoms with Crippen molar-refractivity contribution in [3.63, 3.8) is 0 Å². The molecule has 0 spiro atoms. The second-order valence-electron chi connectivity index (χ2n) is 15.5. The molecule has 9 heteroatoms. The van der Waals surface area contributed by atoms with Crippen LogP contribution in [0, 0.1) is 0 Å². The van der Waals surface area contributed by atoms with E-state index in [0.717, 1.165) is 58.4 Å². The summed E-state index contributed by atoms with van der Waals surface area (Å²) in [4.78, 5) is 9.78. The molecule has 0 amide bonds. The van der Waals surface area contributed by atoms with E-state index >= 15 is 0 Å². The molecule has 0 aliphatic carbocycles. The monoisotopic (exact) mass is 820 g/mol. The summed E-state index contributed by atoms with van der Waals surface area (Å²) in [5, 5.41) is 9.59. The van der Waals surface area contributed by atoms with Crippen molar-refractivity contribution in [2.75, 3.05) is 36.0 Å². The lowest BCUT2D eigenvalue weighted by atomic mass is 10.1. The Kier molecular flexibility index (Phi) is 17.4. The number of nitrogens with zero attached hydrogens (tertiary/aromatic N) is 6. The van der Waals surface area contributed by atoms with Gasteiger partial charge in [0.2, 0.25) is 0 Å². The fraction of sp³-hybridized carbons (Fsp3) is 0.500. The molecule has 0 unspecified atom stereocenters. The van der Waals surface area contributed by atoms with E-state index < -0.39 is 0 Å². The summed E-state index contributed by atoms with van der Waals surface area (Å²) in [6.45, 7) is 13.7. The number of unbranched alkanes of at least 4 members (excludes halogenated alkanes) is 12. The molecule has 0 saturated heterocycles. The molecule has 0 aliphatic heterocycles. The molecule has 2 aromatic carbocycles. The van der Waals surface area contributed by atoms with Crippen molar-refractivity contribution in [2.24, 2.45) is 0 Å². The van der Waals surface area contributed by atoms with Gasteiger partial charge in [0.05, 0.1) is 21.5 Å². The van der Waals surface area contributed by atoms with Gasteiger partial charge in [-0.2, -0.15) is 8.75 Å². The minimum atomic E-state index is 0.807. The molecule has 0 aliphatic rings. The van der Waals surface area contributed by atoms with E-state index in [1.54, 1.807) is 22.7 Å². The maximum Gasteiger partial charge on any atom is 0.136 e. The molecule has 6 rings (SSSR count). The zero-order valence-corrected chi connectivity index (χ0v) is 37.4. The molecule has 4 heterocycles. The summed E-state index contributed by atoms with van der Waals surface area (Å²) in [5.74, 6) is 0. The first-order chi connectivity index (χ1) is 28.1. The van der Waals surface area contributed by atoms with Crippen LogP contribution in [0.25, 0.3) is 53.1 Å². The molecule has 4 aromatic heterocycles. The molecule has 0 N–H and O–H groups in total. The van der Waals surface area contributed by atoms with Crippen LogP contribution in [-0.4, -0.2) is 45.1 Å². The fourth-order valence-corrected chi connectivity index (χ4v) is 10.1. The van der Waals surface area contributed by atoms with E-state index in [4.69, 9.17) is 18.9 Å². The van der Waals surface area contributed by atoms with Crippen molar-refractivity contribution >= 4 is 56.8 Å². The fourth-order valence-electron chi connectivity index (χ4n) is 7.60. The first kappa shape index (κ1) is 42.9. The van der Waals surface area contributed by atoms with E-state index in [0.29, 0.717) is 0 Å². The Morgan fingerprint density at radius 3 is 1.05 bits per heavy atom. The number of anilines is 2. The number of rotatable bonds is 26. The number of thiophene rings is 2. The zero-order valence-electron chi connectivity index (χ0n) is 35.0. The van der Waals surface area contributed by atoms with Crippen LogP contribution in [-0.2, 0) is 0 Å². The Hall–Kier alpha value is -3.66. The molecule has 0 bridgehead atoms. The molecule has 6 nitrogen and oxygen atoms in total. The van der Waals surface area contributed by atoms with Crippen LogP contribution in [0.3, 0.4) is 0 Å². The highest BCUT2D eigenvalue weighted by atomic mass is 32.1. The Morgan fingerprint density at radius 2 is 0.719 bits per heavy atom. The topological polar surface area (TPSA) is 58.0 Å². The van der Waals surface area contributed by atoms with Crippen molar-refractivity contribution in [1.29, 1.82) is 0 Å². The van der Waals surface area contributed by atoms with Crippen LogP contribution in [0.5, 0.6) is 0 Å². The van der Waals surface area contributed by atoms with Gasteiger partial charge in [0.1, 0.15) is 22.4 Å². The molecule has 57 heavy (non-hydrogen) atoms. The minimum Gasteiger partial charge on any atom is -0.372 e. The smallest absolute Gasteiger partial charge is 0.136 e. The largest absolute Gasteiger partial charge is 0.372 e. The van der Waals surface area contributed by atoms with Crippen LogP contribution in [0.4, 0.5) is 11.4 Å². The third-order valence-electron chi connectivity index (χ3n) is 11.0. The molecule has 0 atom stereocenters. The van der Waals surface area contributed by atoms with Gasteiger partial charge in [-0.05, 0) is 85.3 Å². The lowest BCUT2D eigenvalue weighted by Crippen LogP contribution is -2.25. The molecular formula is C48H64N6S3. The van der Waals surface area contributed by atoms with Gasteiger partial charge < -0.3 is 9.80 Å². The lowest BCUT2D eigenvalue weighted by Gasteiger charge is -2.25. The quantitative estimate of drug-likeness (QED) is 0.0508. The summed E-state index contributed by atoms with van der Waals surface area (Å²) in [7, 11) is 0. The average Bonchev–Trinajstić information content (AvgIpc) is 4.05. The van der Waals surface area contributed by atoms with Gasteiger partial charge in [-0.3, -0.25) is 0 Å². The SMILES string of the molecule is CCCCCCN(CCCCCC)c1ccc(-c2ccc(-c3nnc(-c4ccc(-c5ccc(N(CCCCCC)CCCCCC)cc5)s4)c4nsnc34)s2)cc1. The van der Waals surface area contributed by atoms with Crippen molar-refractivity contribution in [3.8, 4) is 42.0 Å². The van der Waals surface area contributed by atoms with E-state index in [9.17, 15) is 0 Å². The molecule has 6 aromatic rings. The summed E-state index contributed by atoms with van der Waals surface area (Å²) in [6, 6.07) is 27.1. The molecule has 0 fully saturated rings. The van der Waals surface area contributed by atoms with Gasteiger partial charge >= 0.3 is 0 Å². The molecule has 0 radical (unpaired) electrons. The number of hydrogen-bond donors (Lipinski definition) is 0. The summed E-state index contributed by atoms with van der Waals surface area (Å²) in [5.41, 5.74) is 8.40. The highest BCUT2D eigenvalue weighted by Gasteiger charge is 2.20. The maximum absolute atomic E-state index is 4.80. The first-order valence-electron chi connectivity index (χ1n) is 22.0. The van der Waals surface area contributed by atoms with Crippen LogP contribution in [0.1, 0.15) is 130 Å². The van der Waals surface area contributed by atoms with Crippen LogP contribution >= 0.6 is 34.4 Å². The Labute approximate surface area is 355 Å². The van der Waals surface area contributed by atoms with Gasteiger partial charge in [-0.15, -0.1) is 32.9 Å². The molecule has 0 saturated carbocycles. The second kappa shape index (κ2) is 23.1. The summed E-state index contributed by atoms with van der Waals surface area (Å²) >= 11 is 4.74. The molecular weight excluding hydrogens is 757 g/mol. The van der Waals surface area contributed by atoms with E-state index in [1.165, 1.54) is 147 Å². The van der Waals surface area contributed by atoms with E-state index in [1.807, 2.05) is 0 Å². The minimum absolute atomic E-state index is 0.807. The number of benzene rings is 2. The Morgan fingerprint density at radius 1 is 0.386 bits per heavy atom. The average molecular weight is 821 g/mol. The van der Waals surface area contributed by atoms with Gasteiger partial charge in [0.15, 0.2) is 0 Å². The first-order valence-corrected chi connectivity index (χ1v) is 24.4. The van der Waals surface area contributed by atoms with Crippen LogP contribution in [0.15, 0.2) is 72.8 Å². The predicted octanol–water partition coefficient (Wildman–Crippen LogP) is 15.2. The van der Waals surface area contributed by atoms with Gasteiger partial charge in [-0.1, -0.05) is 129 Å². The number of aromatic nitrogens is 4. The normalized spacial score (nSPS) is 11.5. The molecule has 304 valence electrons. The third-order valence-corrected chi connectivity index (χ3v) is 13.8.